The average molecular weight is 264 g/mol. The summed E-state index contributed by atoms with van der Waals surface area (Å²) in [7, 11) is 1.76. The highest BCUT2D eigenvalue weighted by Crippen LogP contribution is 2.20. The van der Waals surface area contributed by atoms with Crippen LogP contribution in [0.5, 0.6) is 0 Å². The number of anilines is 1. The fraction of sp³-hybridized carbons (Fsp3) is 0.615. The number of nitrogens with one attached hydrogen (secondary N) is 2. The van der Waals surface area contributed by atoms with Gasteiger partial charge in [0.05, 0.1) is 0 Å². The van der Waals surface area contributed by atoms with Gasteiger partial charge in [0.25, 0.3) is 0 Å². The van der Waals surface area contributed by atoms with Gasteiger partial charge in [-0.05, 0) is 12.3 Å². The molecule has 2 amide bonds. The second kappa shape index (κ2) is 5.42. The van der Waals surface area contributed by atoms with E-state index in [1.807, 2.05) is 6.07 Å². The van der Waals surface area contributed by atoms with Crippen molar-refractivity contribution in [2.24, 2.45) is 5.92 Å². The smallest absolute Gasteiger partial charge is 0.229 e. The first-order valence-corrected chi connectivity index (χ1v) is 6.57. The SMILES string of the molecule is CC(C)c1cc(NC(=O)C2CCN(C)C(=O)C2)n[nH]1. The molecule has 2 heterocycles. The number of nitrogens with zero attached hydrogens (tertiary/aromatic N) is 2. The molecule has 6 heteroatoms. The molecular formula is C13H20N4O2. The molecule has 0 saturated carbocycles. The zero-order chi connectivity index (χ0) is 14.0. The summed E-state index contributed by atoms with van der Waals surface area (Å²) in [4.78, 5) is 25.3. The Bertz CT molecular complexity index is 481. The van der Waals surface area contributed by atoms with Crippen molar-refractivity contribution < 1.29 is 9.59 Å². The van der Waals surface area contributed by atoms with Crippen LogP contribution in [0.25, 0.3) is 0 Å². The quantitative estimate of drug-likeness (QED) is 0.864. The summed E-state index contributed by atoms with van der Waals surface area (Å²) >= 11 is 0. The predicted molar refractivity (Wildman–Crippen MR) is 71.7 cm³/mol. The van der Waals surface area contributed by atoms with E-state index >= 15 is 0 Å². The highest BCUT2D eigenvalue weighted by atomic mass is 16.2. The largest absolute Gasteiger partial charge is 0.346 e. The molecule has 1 aliphatic rings. The number of amides is 2. The maximum atomic E-state index is 12.1. The summed E-state index contributed by atoms with van der Waals surface area (Å²) in [5, 5.41) is 9.71. The Morgan fingerprint density at radius 2 is 2.32 bits per heavy atom. The minimum Gasteiger partial charge on any atom is -0.346 e. The number of aromatic amines is 1. The zero-order valence-corrected chi connectivity index (χ0v) is 11.6. The molecule has 1 aromatic heterocycles. The normalized spacial score (nSPS) is 19.9. The van der Waals surface area contributed by atoms with Gasteiger partial charge in [-0.25, -0.2) is 0 Å². The molecule has 0 aromatic carbocycles. The summed E-state index contributed by atoms with van der Waals surface area (Å²) in [6.45, 7) is 4.73. The monoisotopic (exact) mass is 264 g/mol. The molecule has 0 bridgehead atoms. The van der Waals surface area contributed by atoms with E-state index in [-0.39, 0.29) is 24.2 Å². The van der Waals surface area contributed by atoms with Crippen LogP contribution < -0.4 is 5.32 Å². The lowest BCUT2D eigenvalue weighted by Crippen LogP contribution is -2.39. The van der Waals surface area contributed by atoms with E-state index in [0.29, 0.717) is 24.7 Å². The number of hydrogen-bond donors (Lipinski definition) is 2. The van der Waals surface area contributed by atoms with Crippen LogP contribution in [0.2, 0.25) is 0 Å². The number of hydrogen-bond acceptors (Lipinski definition) is 3. The molecule has 19 heavy (non-hydrogen) atoms. The van der Waals surface area contributed by atoms with Gasteiger partial charge < -0.3 is 10.2 Å². The highest BCUT2D eigenvalue weighted by Gasteiger charge is 2.28. The second-order valence-corrected chi connectivity index (χ2v) is 5.36. The van der Waals surface area contributed by atoms with E-state index in [4.69, 9.17) is 0 Å². The van der Waals surface area contributed by atoms with Gasteiger partial charge in [0.1, 0.15) is 0 Å². The van der Waals surface area contributed by atoms with Gasteiger partial charge >= 0.3 is 0 Å². The van der Waals surface area contributed by atoms with Crippen molar-refractivity contribution in [1.82, 2.24) is 15.1 Å². The van der Waals surface area contributed by atoms with Crippen LogP contribution in [0.1, 0.15) is 38.3 Å². The molecule has 0 spiro atoms. The number of carbonyl (C=O) groups excluding carboxylic acids is 2. The molecule has 104 valence electrons. The minimum absolute atomic E-state index is 0.0243. The van der Waals surface area contributed by atoms with E-state index < -0.39 is 0 Å². The van der Waals surface area contributed by atoms with E-state index in [2.05, 4.69) is 29.4 Å². The van der Waals surface area contributed by atoms with Crippen molar-refractivity contribution in [1.29, 1.82) is 0 Å². The number of carbonyl (C=O) groups is 2. The van der Waals surface area contributed by atoms with Gasteiger partial charge in [0.2, 0.25) is 11.8 Å². The summed E-state index contributed by atoms with van der Waals surface area (Å²) < 4.78 is 0. The third kappa shape index (κ3) is 3.13. The number of piperidine rings is 1. The van der Waals surface area contributed by atoms with Crippen LogP contribution >= 0.6 is 0 Å². The molecule has 0 radical (unpaired) electrons. The molecule has 1 saturated heterocycles. The van der Waals surface area contributed by atoms with E-state index in [1.165, 1.54) is 0 Å². The molecule has 1 fully saturated rings. The molecule has 1 unspecified atom stereocenters. The predicted octanol–water partition coefficient (Wildman–Crippen LogP) is 1.34. The van der Waals surface area contributed by atoms with E-state index in [1.54, 1.807) is 11.9 Å². The molecule has 0 aliphatic carbocycles. The van der Waals surface area contributed by atoms with Crippen LogP contribution in [-0.2, 0) is 9.59 Å². The Morgan fingerprint density at radius 3 is 2.89 bits per heavy atom. The Morgan fingerprint density at radius 1 is 1.58 bits per heavy atom. The van der Waals surface area contributed by atoms with E-state index in [0.717, 1.165) is 5.69 Å². The van der Waals surface area contributed by atoms with Crippen LogP contribution in [0.4, 0.5) is 5.82 Å². The third-order valence-corrected chi connectivity index (χ3v) is 3.50. The topological polar surface area (TPSA) is 78.1 Å². The molecule has 2 N–H and O–H groups in total. The first-order chi connectivity index (χ1) is 8.97. The fourth-order valence-electron chi connectivity index (χ4n) is 2.09. The molecule has 1 aromatic rings. The first-order valence-electron chi connectivity index (χ1n) is 6.57. The van der Waals surface area contributed by atoms with Crippen molar-refractivity contribution in [3.63, 3.8) is 0 Å². The summed E-state index contributed by atoms with van der Waals surface area (Å²) in [6.07, 6.45) is 0.985. The minimum atomic E-state index is -0.247. The van der Waals surface area contributed by atoms with Crippen LogP contribution in [0.3, 0.4) is 0 Å². The lowest BCUT2D eigenvalue weighted by atomic mass is 9.96. The van der Waals surface area contributed by atoms with Crippen LogP contribution in [-0.4, -0.2) is 40.5 Å². The average Bonchev–Trinajstić information content (AvgIpc) is 2.81. The molecular weight excluding hydrogens is 244 g/mol. The van der Waals surface area contributed by atoms with Gasteiger partial charge in [0, 0.05) is 37.7 Å². The molecule has 1 atom stereocenters. The van der Waals surface area contributed by atoms with Gasteiger partial charge in [-0.1, -0.05) is 13.8 Å². The van der Waals surface area contributed by atoms with Crippen molar-refractivity contribution in [3.05, 3.63) is 11.8 Å². The Kier molecular flexibility index (Phi) is 3.87. The van der Waals surface area contributed by atoms with Crippen molar-refractivity contribution in [3.8, 4) is 0 Å². The number of rotatable bonds is 3. The number of likely N-dealkylation sites (tertiary alicyclic amines) is 1. The summed E-state index contributed by atoms with van der Waals surface area (Å²) in [5.41, 5.74) is 0.981. The maximum Gasteiger partial charge on any atom is 0.229 e. The summed E-state index contributed by atoms with van der Waals surface area (Å²) in [6, 6.07) is 1.83. The van der Waals surface area contributed by atoms with Crippen molar-refractivity contribution in [2.45, 2.75) is 32.6 Å². The Hall–Kier alpha value is -1.85. The third-order valence-electron chi connectivity index (χ3n) is 3.50. The number of aromatic nitrogens is 2. The lowest BCUT2D eigenvalue weighted by Gasteiger charge is -2.27. The highest BCUT2D eigenvalue weighted by molar-refractivity contribution is 5.95. The van der Waals surface area contributed by atoms with Crippen LogP contribution in [0.15, 0.2) is 6.07 Å². The maximum absolute atomic E-state index is 12.1. The standard InChI is InChI=1S/C13H20N4O2/c1-8(2)10-7-11(16-15-10)14-13(19)9-4-5-17(3)12(18)6-9/h7-9H,4-6H2,1-3H3,(H2,14,15,16,19). The Balaban J connectivity index is 1.95. The first kappa shape index (κ1) is 13.6. The lowest BCUT2D eigenvalue weighted by molar-refractivity contribution is -0.137. The second-order valence-electron chi connectivity index (χ2n) is 5.36. The van der Waals surface area contributed by atoms with Crippen molar-refractivity contribution >= 4 is 17.6 Å². The fourth-order valence-corrected chi connectivity index (χ4v) is 2.09. The van der Waals surface area contributed by atoms with Gasteiger partial charge in [0.15, 0.2) is 5.82 Å². The van der Waals surface area contributed by atoms with E-state index in [9.17, 15) is 9.59 Å². The van der Waals surface area contributed by atoms with Gasteiger partial charge in [-0.3, -0.25) is 14.7 Å². The summed E-state index contributed by atoms with van der Waals surface area (Å²) in [5.74, 6) is 0.519. The van der Waals surface area contributed by atoms with Crippen LogP contribution in [0, 0.1) is 5.92 Å². The van der Waals surface area contributed by atoms with Gasteiger partial charge in [-0.2, -0.15) is 5.10 Å². The van der Waals surface area contributed by atoms with Crippen molar-refractivity contribution in [2.75, 3.05) is 18.9 Å². The molecule has 2 rings (SSSR count). The number of H-pyrrole nitrogens is 1. The zero-order valence-electron chi connectivity index (χ0n) is 11.6. The Labute approximate surface area is 112 Å². The molecule has 6 nitrogen and oxygen atoms in total. The van der Waals surface area contributed by atoms with Gasteiger partial charge in [-0.15, -0.1) is 0 Å². The molecule has 1 aliphatic heterocycles.